The fraction of sp³-hybridized carbons (Fsp3) is 0.600. The number of nitrogens with zero attached hydrogens (tertiary/aromatic N) is 2. The van der Waals surface area contributed by atoms with Crippen molar-refractivity contribution in [2.75, 3.05) is 13.2 Å². The quantitative estimate of drug-likeness (QED) is 0.718. The summed E-state index contributed by atoms with van der Waals surface area (Å²) in [5.41, 5.74) is 0.263. The lowest BCUT2D eigenvalue weighted by Crippen LogP contribution is -2.49. The van der Waals surface area contributed by atoms with Crippen LogP contribution in [0.2, 0.25) is 10.3 Å². The number of amides is 1. The van der Waals surface area contributed by atoms with Crippen LogP contribution in [0.25, 0.3) is 0 Å². The van der Waals surface area contributed by atoms with Gasteiger partial charge in [0.15, 0.2) is 0 Å². The van der Waals surface area contributed by atoms with Crippen LogP contribution in [0, 0.1) is 0 Å². The van der Waals surface area contributed by atoms with Gasteiger partial charge in [-0.2, -0.15) is 0 Å². The summed E-state index contributed by atoms with van der Waals surface area (Å²) >= 11 is 11.9. The van der Waals surface area contributed by atoms with Gasteiger partial charge in [0, 0.05) is 0 Å². The summed E-state index contributed by atoms with van der Waals surface area (Å²) in [5, 5.41) is 0.599. The third kappa shape index (κ3) is 4.48. The minimum Gasteiger partial charge on any atom is -0.444 e. The van der Waals surface area contributed by atoms with E-state index in [1.807, 2.05) is 27.7 Å². The van der Waals surface area contributed by atoms with Crippen molar-refractivity contribution in [3.63, 3.8) is 0 Å². The molecule has 0 aromatic carbocycles. The number of morpholine rings is 1. The lowest BCUT2D eigenvalue weighted by molar-refractivity contribution is -0.0668. The van der Waals surface area contributed by atoms with Gasteiger partial charge in [-0.05, 0) is 45.4 Å². The maximum Gasteiger partial charge on any atom is 0.410 e. The maximum atomic E-state index is 12.3. The molecule has 0 unspecified atom stereocenters. The van der Waals surface area contributed by atoms with Crippen molar-refractivity contribution >= 4 is 29.3 Å². The molecule has 0 N–H and O–H groups in total. The van der Waals surface area contributed by atoms with Crippen molar-refractivity contribution in [3.05, 3.63) is 28.0 Å². The van der Waals surface area contributed by atoms with Crippen molar-refractivity contribution < 1.29 is 14.3 Å². The van der Waals surface area contributed by atoms with Gasteiger partial charge < -0.3 is 14.4 Å². The van der Waals surface area contributed by atoms with E-state index in [0.717, 1.165) is 5.56 Å². The van der Waals surface area contributed by atoms with Crippen LogP contribution in [0.15, 0.2) is 12.1 Å². The molecule has 0 radical (unpaired) electrons. The lowest BCUT2D eigenvalue weighted by Gasteiger charge is -2.38. The molecular formula is C15H20Cl2N2O3. The summed E-state index contributed by atoms with van der Waals surface area (Å²) < 4.78 is 11.2. The molecule has 2 atom stereocenters. The molecule has 2 rings (SSSR count). The molecule has 22 heavy (non-hydrogen) atoms. The molecule has 1 fully saturated rings. The Hall–Kier alpha value is -1.04. The summed E-state index contributed by atoms with van der Waals surface area (Å²) in [6.45, 7) is 8.25. The monoisotopic (exact) mass is 346 g/mol. The smallest absolute Gasteiger partial charge is 0.410 e. The van der Waals surface area contributed by atoms with Crippen LogP contribution in [0.1, 0.15) is 39.4 Å². The average Bonchev–Trinajstić information content (AvgIpc) is 2.35. The van der Waals surface area contributed by atoms with Crippen LogP contribution in [0.3, 0.4) is 0 Å². The van der Waals surface area contributed by atoms with Crippen molar-refractivity contribution in [1.82, 2.24) is 9.88 Å². The van der Waals surface area contributed by atoms with Crippen LogP contribution in [0.5, 0.6) is 0 Å². The van der Waals surface area contributed by atoms with Gasteiger partial charge in [0.2, 0.25) is 0 Å². The largest absolute Gasteiger partial charge is 0.444 e. The molecule has 1 aliphatic heterocycles. The number of carbonyl (C=O) groups is 1. The minimum atomic E-state index is -0.534. The molecule has 0 saturated carbocycles. The first-order valence-corrected chi connectivity index (χ1v) is 7.85. The minimum absolute atomic E-state index is 0.0566. The van der Waals surface area contributed by atoms with E-state index in [1.54, 1.807) is 17.0 Å². The highest BCUT2D eigenvalue weighted by atomic mass is 35.5. The molecule has 0 bridgehead atoms. The average molecular weight is 347 g/mol. The number of pyridine rings is 1. The van der Waals surface area contributed by atoms with Crippen molar-refractivity contribution in [1.29, 1.82) is 0 Å². The van der Waals surface area contributed by atoms with E-state index in [0.29, 0.717) is 23.5 Å². The second-order valence-corrected chi connectivity index (χ2v) is 7.12. The van der Waals surface area contributed by atoms with E-state index in [-0.39, 0.29) is 18.2 Å². The first-order valence-electron chi connectivity index (χ1n) is 7.10. The molecule has 7 heteroatoms. The predicted molar refractivity (Wildman–Crippen MR) is 85.4 cm³/mol. The van der Waals surface area contributed by atoms with E-state index in [4.69, 9.17) is 32.7 Å². The van der Waals surface area contributed by atoms with E-state index in [1.165, 1.54) is 0 Å². The summed E-state index contributed by atoms with van der Waals surface area (Å²) in [5.74, 6) is 0. The molecule has 1 saturated heterocycles. The van der Waals surface area contributed by atoms with Gasteiger partial charge in [-0.3, -0.25) is 0 Å². The zero-order valence-electron chi connectivity index (χ0n) is 13.1. The van der Waals surface area contributed by atoms with Gasteiger partial charge in [-0.1, -0.05) is 23.2 Å². The highest BCUT2D eigenvalue weighted by Crippen LogP contribution is 2.28. The van der Waals surface area contributed by atoms with Crippen LogP contribution >= 0.6 is 23.2 Å². The third-order valence-electron chi connectivity index (χ3n) is 3.22. The molecule has 1 aliphatic rings. The van der Waals surface area contributed by atoms with E-state index < -0.39 is 5.60 Å². The number of hydrogen-bond acceptors (Lipinski definition) is 4. The molecule has 1 aromatic rings. The zero-order chi connectivity index (χ0) is 16.5. The molecule has 1 amide bonds. The molecule has 0 aliphatic carbocycles. The van der Waals surface area contributed by atoms with E-state index in [9.17, 15) is 4.79 Å². The second-order valence-electron chi connectivity index (χ2n) is 6.35. The zero-order valence-corrected chi connectivity index (χ0v) is 14.6. The SMILES string of the molecule is C[C@H]1CO[C@@H](c2cc(Cl)nc(Cl)c2)CN1C(=O)OC(C)(C)C. The van der Waals surface area contributed by atoms with Gasteiger partial charge in [0.05, 0.1) is 19.2 Å². The first kappa shape index (κ1) is 17.3. The first-order chi connectivity index (χ1) is 10.2. The number of ether oxygens (including phenoxy) is 2. The van der Waals surface area contributed by atoms with Crippen molar-refractivity contribution in [2.45, 2.75) is 45.4 Å². The van der Waals surface area contributed by atoms with Gasteiger partial charge in [0.1, 0.15) is 22.0 Å². The molecule has 5 nitrogen and oxygen atoms in total. The fourth-order valence-corrected chi connectivity index (χ4v) is 2.68. The number of halogens is 2. The molecular weight excluding hydrogens is 327 g/mol. The second kappa shape index (κ2) is 6.60. The van der Waals surface area contributed by atoms with E-state index >= 15 is 0 Å². The Morgan fingerprint density at radius 3 is 2.50 bits per heavy atom. The molecule has 122 valence electrons. The lowest BCUT2D eigenvalue weighted by atomic mass is 10.1. The number of hydrogen-bond donors (Lipinski definition) is 0. The molecule has 1 aromatic heterocycles. The Bertz CT molecular complexity index is 540. The maximum absolute atomic E-state index is 12.3. The topological polar surface area (TPSA) is 51.7 Å². The van der Waals surface area contributed by atoms with Crippen molar-refractivity contribution in [2.24, 2.45) is 0 Å². The highest BCUT2D eigenvalue weighted by Gasteiger charge is 2.33. The predicted octanol–water partition coefficient (Wildman–Crippen LogP) is 4.09. The normalized spacial score (nSPS) is 22.5. The molecule has 2 heterocycles. The Labute approximate surface area is 140 Å². The van der Waals surface area contributed by atoms with Gasteiger partial charge >= 0.3 is 6.09 Å². The third-order valence-corrected chi connectivity index (χ3v) is 3.61. The molecule has 0 spiro atoms. The number of carbonyl (C=O) groups excluding carboxylic acids is 1. The Balaban J connectivity index is 2.15. The number of aromatic nitrogens is 1. The van der Waals surface area contributed by atoms with Crippen LogP contribution in [-0.2, 0) is 9.47 Å². The van der Waals surface area contributed by atoms with Crippen LogP contribution in [0.4, 0.5) is 4.79 Å². The Kier molecular flexibility index (Phi) is 5.20. The van der Waals surface area contributed by atoms with Gasteiger partial charge in [0.25, 0.3) is 0 Å². The summed E-state index contributed by atoms with van der Waals surface area (Å²) in [6, 6.07) is 3.33. The summed E-state index contributed by atoms with van der Waals surface area (Å²) in [6.07, 6.45) is -0.652. The highest BCUT2D eigenvalue weighted by molar-refractivity contribution is 6.32. The summed E-state index contributed by atoms with van der Waals surface area (Å²) in [7, 11) is 0. The van der Waals surface area contributed by atoms with Crippen molar-refractivity contribution in [3.8, 4) is 0 Å². The van der Waals surface area contributed by atoms with E-state index in [2.05, 4.69) is 4.98 Å². The van der Waals surface area contributed by atoms with Gasteiger partial charge in [-0.15, -0.1) is 0 Å². The fourth-order valence-electron chi connectivity index (χ4n) is 2.20. The Morgan fingerprint density at radius 1 is 1.36 bits per heavy atom. The standard InChI is InChI=1S/C15H20Cl2N2O3/c1-9-8-21-11(10-5-12(16)18-13(17)6-10)7-19(9)14(20)22-15(2,3)4/h5-6,9,11H,7-8H2,1-4H3/t9-,11+/m0/s1. The number of rotatable bonds is 1. The summed E-state index contributed by atoms with van der Waals surface area (Å²) in [4.78, 5) is 17.9. The van der Waals surface area contributed by atoms with Crippen LogP contribution in [-0.4, -0.2) is 40.8 Å². The van der Waals surface area contributed by atoms with Gasteiger partial charge in [-0.25, -0.2) is 9.78 Å². The Morgan fingerprint density at radius 2 is 1.95 bits per heavy atom. The van der Waals surface area contributed by atoms with Crippen LogP contribution < -0.4 is 0 Å².